The number of nitrogens with two attached hydrogens (primary N) is 1. The monoisotopic (exact) mass is 290 g/mol. The first kappa shape index (κ1) is 14.5. The number of benzene rings is 1. The molecule has 0 spiro atoms. The SMILES string of the molecule is NCc1nc(C(=O)NCCCNc2ccccc2)cs1. The largest absolute Gasteiger partial charge is 0.385 e. The Morgan fingerprint density at radius 3 is 2.75 bits per heavy atom. The Morgan fingerprint density at radius 2 is 2.05 bits per heavy atom. The molecule has 0 bridgehead atoms. The topological polar surface area (TPSA) is 80.0 Å². The van der Waals surface area contributed by atoms with Crippen LogP contribution in [0.3, 0.4) is 0 Å². The number of carbonyl (C=O) groups excluding carboxylic acids is 1. The van der Waals surface area contributed by atoms with E-state index < -0.39 is 0 Å². The van der Waals surface area contributed by atoms with Crippen molar-refractivity contribution in [3.63, 3.8) is 0 Å². The van der Waals surface area contributed by atoms with E-state index >= 15 is 0 Å². The highest BCUT2D eigenvalue weighted by Gasteiger charge is 2.08. The van der Waals surface area contributed by atoms with Gasteiger partial charge in [-0.05, 0) is 18.6 Å². The Kier molecular flexibility index (Phi) is 5.52. The molecule has 0 aliphatic carbocycles. The fraction of sp³-hybridized carbons (Fsp3) is 0.286. The van der Waals surface area contributed by atoms with Gasteiger partial charge in [0, 0.05) is 30.7 Å². The van der Waals surface area contributed by atoms with Gasteiger partial charge in [0.2, 0.25) is 0 Å². The second kappa shape index (κ2) is 7.62. The summed E-state index contributed by atoms with van der Waals surface area (Å²) >= 11 is 1.41. The van der Waals surface area contributed by atoms with Crippen molar-refractivity contribution in [1.82, 2.24) is 10.3 Å². The Bertz CT molecular complexity index is 541. The van der Waals surface area contributed by atoms with Crippen LogP contribution in [-0.2, 0) is 6.54 Å². The van der Waals surface area contributed by atoms with Crippen LogP contribution in [0.2, 0.25) is 0 Å². The third-order valence-electron chi connectivity index (χ3n) is 2.70. The van der Waals surface area contributed by atoms with Gasteiger partial charge in [0.25, 0.3) is 5.91 Å². The highest BCUT2D eigenvalue weighted by Crippen LogP contribution is 2.08. The van der Waals surface area contributed by atoms with Gasteiger partial charge in [-0.25, -0.2) is 4.98 Å². The van der Waals surface area contributed by atoms with E-state index in [1.807, 2.05) is 30.3 Å². The molecule has 0 aliphatic heterocycles. The number of carbonyl (C=O) groups is 1. The van der Waals surface area contributed by atoms with E-state index in [-0.39, 0.29) is 5.91 Å². The van der Waals surface area contributed by atoms with Crippen molar-refractivity contribution in [2.24, 2.45) is 5.73 Å². The Morgan fingerprint density at radius 1 is 1.25 bits per heavy atom. The Balaban J connectivity index is 1.64. The minimum Gasteiger partial charge on any atom is -0.385 e. The molecule has 1 aromatic carbocycles. The molecule has 1 amide bonds. The van der Waals surface area contributed by atoms with Crippen LogP contribution in [0.15, 0.2) is 35.7 Å². The predicted molar refractivity (Wildman–Crippen MR) is 81.9 cm³/mol. The number of para-hydroxylation sites is 1. The fourth-order valence-electron chi connectivity index (χ4n) is 1.68. The van der Waals surface area contributed by atoms with Crippen LogP contribution >= 0.6 is 11.3 Å². The molecule has 0 fully saturated rings. The molecule has 4 N–H and O–H groups in total. The lowest BCUT2D eigenvalue weighted by atomic mass is 10.3. The second-order valence-electron chi connectivity index (χ2n) is 4.23. The fourth-order valence-corrected chi connectivity index (χ4v) is 2.33. The Hall–Kier alpha value is -1.92. The lowest BCUT2D eigenvalue weighted by Gasteiger charge is -2.06. The molecule has 0 radical (unpaired) electrons. The molecule has 0 saturated heterocycles. The van der Waals surface area contributed by atoms with E-state index in [9.17, 15) is 4.79 Å². The summed E-state index contributed by atoms with van der Waals surface area (Å²) in [5.41, 5.74) is 7.01. The van der Waals surface area contributed by atoms with Crippen molar-refractivity contribution < 1.29 is 4.79 Å². The molecule has 20 heavy (non-hydrogen) atoms. The van der Waals surface area contributed by atoms with Gasteiger partial charge in [0.1, 0.15) is 10.7 Å². The van der Waals surface area contributed by atoms with Gasteiger partial charge in [-0.3, -0.25) is 4.79 Å². The van der Waals surface area contributed by atoms with Gasteiger partial charge in [0.05, 0.1) is 0 Å². The van der Waals surface area contributed by atoms with E-state index in [1.54, 1.807) is 5.38 Å². The van der Waals surface area contributed by atoms with Crippen LogP contribution < -0.4 is 16.4 Å². The Labute approximate surface area is 122 Å². The second-order valence-corrected chi connectivity index (χ2v) is 5.18. The van der Waals surface area contributed by atoms with Crippen LogP contribution in [0, 0.1) is 0 Å². The van der Waals surface area contributed by atoms with E-state index in [0.29, 0.717) is 18.8 Å². The molecule has 0 saturated carbocycles. The average Bonchev–Trinajstić information content (AvgIpc) is 2.97. The number of hydrogen-bond acceptors (Lipinski definition) is 5. The van der Waals surface area contributed by atoms with Crippen LogP contribution in [0.4, 0.5) is 5.69 Å². The van der Waals surface area contributed by atoms with Gasteiger partial charge >= 0.3 is 0 Å². The van der Waals surface area contributed by atoms with Crippen molar-refractivity contribution in [1.29, 1.82) is 0 Å². The molecule has 6 heteroatoms. The van der Waals surface area contributed by atoms with Gasteiger partial charge < -0.3 is 16.4 Å². The maximum atomic E-state index is 11.8. The van der Waals surface area contributed by atoms with Crippen LogP contribution in [0.1, 0.15) is 21.9 Å². The van der Waals surface area contributed by atoms with E-state index in [2.05, 4.69) is 15.6 Å². The normalized spacial score (nSPS) is 10.2. The summed E-state index contributed by atoms with van der Waals surface area (Å²) in [5.74, 6) is -0.138. The average molecular weight is 290 g/mol. The predicted octanol–water partition coefficient (Wildman–Crippen LogP) is 1.83. The van der Waals surface area contributed by atoms with Gasteiger partial charge in [-0.15, -0.1) is 11.3 Å². The first-order valence-corrected chi connectivity index (χ1v) is 7.39. The molecule has 2 aromatic rings. The maximum absolute atomic E-state index is 11.8. The minimum atomic E-state index is -0.138. The number of aromatic nitrogens is 1. The summed E-state index contributed by atoms with van der Waals surface area (Å²) in [6.07, 6.45) is 0.856. The summed E-state index contributed by atoms with van der Waals surface area (Å²) in [7, 11) is 0. The van der Waals surface area contributed by atoms with Crippen LogP contribution in [-0.4, -0.2) is 24.0 Å². The molecule has 2 rings (SSSR count). The van der Waals surface area contributed by atoms with Crippen LogP contribution in [0.25, 0.3) is 0 Å². The third kappa shape index (κ3) is 4.32. The molecule has 106 valence electrons. The molecule has 0 aliphatic rings. The number of rotatable bonds is 7. The zero-order chi connectivity index (χ0) is 14.2. The van der Waals surface area contributed by atoms with Crippen molar-refractivity contribution in [2.75, 3.05) is 18.4 Å². The first-order valence-electron chi connectivity index (χ1n) is 6.51. The highest BCUT2D eigenvalue weighted by atomic mass is 32.1. The van der Waals surface area contributed by atoms with Gasteiger partial charge in [0.15, 0.2) is 0 Å². The third-order valence-corrected chi connectivity index (χ3v) is 3.57. The van der Waals surface area contributed by atoms with Crippen molar-refractivity contribution in [3.05, 3.63) is 46.4 Å². The summed E-state index contributed by atoms with van der Waals surface area (Å²) < 4.78 is 0. The number of amides is 1. The summed E-state index contributed by atoms with van der Waals surface area (Å²) in [6, 6.07) is 9.99. The molecular formula is C14H18N4OS. The van der Waals surface area contributed by atoms with Crippen molar-refractivity contribution >= 4 is 22.9 Å². The maximum Gasteiger partial charge on any atom is 0.270 e. The lowest BCUT2D eigenvalue weighted by Crippen LogP contribution is -2.26. The van der Waals surface area contributed by atoms with Gasteiger partial charge in [-0.1, -0.05) is 18.2 Å². The highest BCUT2D eigenvalue weighted by molar-refractivity contribution is 7.09. The molecule has 0 atom stereocenters. The van der Waals surface area contributed by atoms with E-state index in [1.165, 1.54) is 11.3 Å². The lowest BCUT2D eigenvalue weighted by molar-refractivity contribution is 0.0949. The first-order chi connectivity index (χ1) is 9.79. The molecule has 1 heterocycles. The van der Waals surface area contributed by atoms with Crippen LogP contribution in [0.5, 0.6) is 0 Å². The molecule has 1 aromatic heterocycles. The van der Waals surface area contributed by atoms with Gasteiger partial charge in [-0.2, -0.15) is 0 Å². The summed E-state index contributed by atoms with van der Waals surface area (Å²) in [6.45, 7) is 1.81. The number of nitrogens with one attached hydrogen (secondary N) is 2. The smallest absolute Gasteiger partial charge is 0.270 e. The molecule has 0 unspecified atom stereocenters. The molecular weight excluding hydrogens is 272 g/mol. The number of nitrogens with zero attached hydrogens (tertiary/aromatic N) is 1. The minimum absolute atomic E-state index is 0.138. The summed E-state index contributed by atoms with van der Waals surface area (Å²) in [5, 5.41) is 8.65. The van der Waals surface area contributed by atoms with E-state index in [4.69, 9.17) is 5.73 Å². The zero-order valence-electron chi connectivity index (χ0n) is 11.1. The standard InChI is InChI=1S/C14H18N4OS/c15-9-13-18-12(10-20-13)14(19)17-8-4-7-16-11-5-2-1-3-6-11/h1-3,5-6,10,16H,4,7-9,15H2,(H,17,19). The zero-order valence-corrected chi connectivity index (χ0v) is 12.0. The quantitative estimate of drug-likeness (QED) is 0.680. The number of anilines is 1. The van der Waals surface area contributed by atoms with Crippen molar-refractivity contribution in [2.45, 2.75) is 13.0 Å². The molecule has 5 nitrogen and oxygen atoms in total. The number of hydrogen-bond donors (Lipinski definition) is 3. The van der Waals surface area contributed by atoms with E-state index in [0.717, 1.165) is 23.7 Å². The van der Waals surface area contributed by atoms with Crippen molar-refractivity contribution in [3.8, 4) is 0 Å². The summed E-state index contributed by atoms with van der Waals surface area (Å²) in [4.78, 5) is 15.9. The number of thiazole rings is 1.